The van der Waals surface area contributed by atoms with Crippen LogP contribution in [-0.2, 0) is 11.2 Å². The Balaban J connectivity index is 1.87. The zero-order chi connectivity index (χ0) is 15.5. The number of ether oxygens (including phenoxy) is 1. The molecule has 0 spiro atoms. The van der Waals surface area contributed by atoms with Gasteiger partial charge >= 0.3 is 0 Å². The zero-order valence-corrected chi connectivity index (χ0v) is 13.8. The summed E-state index contributed by atoms with van der Waals surface area (Å²) in [4.78, 5) is 12.5. The number of hydrogen-bond donors (Lipinski definition) is 0. The first kappa shape index (κ1) is 14.0. The SMILES string of the molecule is COc1ccc2c(c1)CCC1=C2CC[C@]2(C)C(=O)CC[C@@]12C. The van der Waals surface area contributed by atoms with E-state index >= 15 is 0 Å². The molecule has 1 saturated carbocycles. The Bertz CT molecular complexity index is 700. The first-order valence-electron chi connectivity index (χ1n) is 8.43. The molecule has 2 heteroatoms. The zero-order valence-electron chi connectivity index (χ0n) is 13.8. The summed E-state index contributed by atoms with van der Waals surface area (Å²) in [5.41, 5.74) is 5.87. The second kappa shape index (κ2) is 4.47. The third-order valence-corrected chi connectivity index (χ3v) is 6.87. The van der Waals surface area contributed by atoms with Gasteiger partial charge in [-0.15, -0.1) is 0 Å². The molecule has 3 aliphatic rings. The largest absolute Gasteiger partial charge is 0.497 e. The molecule has 22 heavy (non-hydrogen) atoms. The van der Waals surface area contributed by atoms with Gasteiger partial charge < -0.3 is 4.74 Å². The minimum atomic E-state index is -0.129. The Morgan fingerprint density at radius 3 is 2.55 bits per heavy atom. The van der Waals surface area contributed by atoms with Crippen LogP contribution in [0.25, 0.3) is 5.57 Å². The Labute approximate surface area is 132 Å². The van der Waals surface area contributed by atoms with Crippen LogP contribution in [0.5, 0.6) is 5.75 Å². The van der Waals surface area contributed by atoms with Gasteiger partial charge in [0.1, 0.15) is 11.5 Å². The van der Waals surface area contributed by atoms with Crippen molar-refractivity contribution in [2.45, 2.75) is 52.4 Å². The van der Waals surface area contributed by atoms with E-state index in [-0.39, 0.29) is 10.8 Å². The summed E-state index contributed by atoms with van der Waals surface area (Å²) in [6.45, 7) is 4.57. The van der Waals surface area contributed by atoms with E-state index in [4.69, 9.17) is 4.74 Å². The lowest BCUT2D eigenvalue weighted by atomic mass is 9.54. The highest BCUT2D eigenvalue weighted by Gasteiger charge is 2.58. The van der Waals surface area contributed by atoms with E-state index in [0.29, 0.717) is 5.78 Å². The van der Waals surface area contributed by atoms with Crippen molar-refractivity contribution in [1.82, 2.24) is 0 Å². The van der Waals surface area contributed by atoms with Gasteiger partial charge in [0, 0.05) is 17.3 Å². The number of Topliss-reactive ketones (excluding diaryl/α,β-unsaturated/α-hetero) is 1. The Morgan fingerprint density at radius 2 is 1.77 bits per heavy atom. The average Bonchev–Trinajstić information content (AvgIpc) is 2.78. The molecule has 0 N–H and O–H groups in total. The van der Waals surface area contributed by atoms with Crippen LogP contribution in [0.1, 0.15) is 57.1 Å². The van der Waals surface area contributed by atoms with Gasteiger partial charge in [-0.2, -0.15) is 0 Å². The minimum Gasteiger partial charge on any atom is -0.497 e. The van der Waals surface area contributed by atoms with Gasteiger partial charge in [0.2, 0.25) is 0 Å². The second-order valence-corrected chi connectivity index (χ2v) is 7.57. The first-order chi connectivity index (χ1) is 10.5. The lowest BCUT2D eigenvalue weighted by Gasteiger charge is -2.48. The lowest BCUT2D eigenvalue weighted by Crippen LogP contribution is -2.42. The first-order valence-corrected chi connectivity index (χ1v) is 8.43. The van der Waals surface area contributed by atoms with Crippen molar-refractivity contribution in [3.63, 3.8) is 0 Å². The van der Waals surface area contributed by atoms with Crippen molar-refractivity contribution in [1.29, 1.82) is 0 Å². The number of ketones is 1. The molecule has 0 bridgehead atoms. The number of rotatable bonds is 1. The molecule has 0 amide bonds. The highest BCUT2D eigenvalue weighted by Crippen LogP contribution is 2.64. The molecule has 3 aliphatic carbocycles. The quantitative estimate of drug-likeness (QED) is 0.759. The standard InChI is InChI=1S/C20H24O2/c1-19-11-9-18(21)20(19,2)10-8-16-15-6-5-14(22-3)12-13(15)4-7-17(16)19/h5-6,12H,4,7-11H2,1-3H3/t19-,20+/m0/s1. The van der Waals surface area contributed by atoms with E-state index in [0.717, 1.165) is 44.3 Å². The number of methoxy groups -OCH3 is 1. The van der Waals surface area contributed by atoms with Crippen LogP contribution in [0.2, 0.25) is 0 Å². The van der Waals surface area contributed by atoms with Gasteiger partial charge in [0.05, 0.1) is 7.11 Å². The van der Waals surface area contributed by atoms with Crippen LogP contribution < -0.4 is 4.74 Å². The fraction of sp³-hybridized carbons (Fsp3) is 0.550. The van der Waals surface area contributed by atoms with Crippen molar-refractivity contribution in [3.8, 4) is 5.75 Å². The molecule has 0 aliphatic heterocycles. The number of fused-ring (bicyclic) bond motifs is 4. The molecule has 4 rings (SSSR count). The van der Waals surface area contributed by atoms with Crippen molar-refractivity contribution >= 4 is 11.4 Å². The smallest absolute Gasteiger partial charge is 0.139 e. The summed E-state index contributed by atoms with van der Waals surface area (Å²) in [5.74, 6) is 1.44. The van der Waals surface area contributed by atoms with E-state index in [1.165, 1.54) is 16.7 Å². The maximum atomic E-state index is 12.5. The molecular weight excluding hydrogens is 272 g/mol. The van der Waals surface area contributed by atoms with E-state index in [1.54, 1.807) is 12.7 Å². The minimum absolute atomic E-state index is 0.0787. The number of carbonyl (C=O) groups is 1. The van der Waals surface area contributed by atoms with Crippen LogP contribution in [-0.4, -0.2) is 12.9 Å². The van der Waals surface area contributed by atoms with Crippen LogP contribution in [0.4, 0.5) is 0 Å². The normalized spacial score (nSPS) is 33.3. The van der Waals surface area contributed by atoms with Crippen LogP contribution in [0.15, 0.2) is 23.8 Å². The lowest BCUT2D eigenvalue weighted by molar-refractivity contribution is -0.128. The highest BCUT2D eigenvalue weighted by atomic mass is 16.5. The van der Waals surface area contributed by atoms with Crippen LogP contribution in [0, 0.1) is 10.8 Å². The summed E-state index contributed by atoms with van der Waals surface area (Å²) in [5, 5.41) is 0. The summed E-state index contributed by atoms with van der Waals surface area (Å²) in [6.07, 6.45) is 6.03. The Morgan fingerprint density at radius 1 is 1.00 bits per heavy atom. The molecule has 1 aromatic carbocycles. The number of allylic oxidation sites excluding steroid dienone is 2. The number of hydrogen-bond acceptors (Lipinski definition) is 2. The van der Waals surface area contributed by atoms with Crippen molar-refractivity contribution < 1.29 is 9.53 Å². The highest BCUT2D eigenvalue weighted by molar-refractivity contribution is 5.91. The van der Waals surface area contributed by atoms with Crippen molar-refractivity contribution in [3.05, 3.63) is 34.9 Å². The third-order valence-electron chi connectivity index (χ3n) is 6.87. The van der Waals surface area contributed by atoms with Crippen LogP contribution in [0.3, 0.4) is 0 Å². The Hall–Kier alpha value is -1.57. The van der Waals surface area contributed by atoms with Gasteiger partial charge in [-0.05, 0) is 60.9 Å². The van der Waals surface area contributed by atoms with E-state index < -0.39 is 0 Å². The van der Waals surface area contributed by atoms with Crippen molar-refractivity contribution in [2.75, 3.05) is 7.11 Å². The van der Waals surface area contributed by atoms with Gasteiger partial charge in [-0.3, -0.25) is 4.79 Å². The molecular formula is C20H24O2. The molecule has 2 atom stereocenters. The van der Waals surface area contributed by atoms with E-state index in [2.05, 4.69) is 32.0 Å². The van der Waals surface area contributed by atoms with Crippen LogP contribution >= 0.6 is 0 Å². The van der Waals surface area contributed by atoms with Gasteiger partial charge in [0.25, 0.3) is 0 Å². The van der Waals surface area contributed by atoms with E-state index in [1.807, 2.05) is 0 Å². The summed E-state index contributed by atoms with van der Waals surface area (Å²) >= 11 is 0. The predicted molar refractivity (Wildman–Crippen MR) is 87.9 cm³/mol. The van der Waals surface area contributed by atoms with Gasteiger partial charge in [0.15, 0.2) is 0 Å². The Kier molecular flexibility index (Phi) is 2.85. The number of benzene rings is 1. The maximum Gasteiger partial charge on any atom is 0.139 e. The molecule has 0 heterocycles. The monoisotopic (exact) mass is 296 g/mol. The van der Waals surface area contributed by atoms with E-state index in [9.17, 15) is 4.79 Å². The molecule has 116 valence electrons. The fourth-order valence-corrected chi connectivity index (χ4v) is 5.16. The number of carbonyl (C=O) groups excluding carboxylic acids is 1. The summed E-state index contributed by atoms with van der Waals surface area (Å²) in [6, 6.07) is 6.49. The molecule has 1 aromatic rings. The summed E-state index contributed by atoms with van der Waals surface area (Å²) in [7, 11) is 1.73. The predicted octanol–water partition coefficient (Wildman–Crippen LogP) is 4.56. The fourth-order valence-electron chi connectivity index (χ4n) is 5.16. The van der Waals surface area contributed by atoms with Gasteiger partial charge in [-0.25, -0.2) is 0 Å². The third kappa shape index (κ3) is 1.59. The van der Waals surface area contributed by atoms with Gasteiger partial charge in [-0.1, -0.05) is 25.5 Å². The van der Waals surface area contributed by atoms with Crippen molar-refractivity contribution in [2.24, 2.45) is 10.8 Å². The molecule has 0 unspecified atom stereocenters. The molecule has 0 saturated heterocycles. The molecule has 0 radical (unpaired) electrons. The summed E-state index contributed by atoms with van der Waals surface area (Å²) < 4.78 is 5.37. The average molecular weight is 296 g/mol. The molecule has 0 aromatic heterocycles. The molecule has 2 nitrogen and oxygen atoms in total. The second-order valence-electron chi connectivity index (χ2n) is 7.57. The topological polar surface area (TPSA) is 26.3 Å². The number of aryl methyl sites for hydroxylation is 1. The maximum absolute atomic E-state index is 12.5. The molecule has 1 fully saturated rings.